The Morgan fingerprint density at radius 2 is 1.39 bits per heavy atom. The summed E-state index contributed by atoms with van der Waals surface area (Å²) >= 11 is 0. The molecule has 0 bridgehead atoms. The molecule has 0 atom stereocenters. The smallest absolute Gasteiger partial charge is 0.194 e. The molecule has 0 heterocycles. The molecule has 0 fully saturated rings. The van der Waals surface area contributed by atoms with Crippen LogP contribution in [0.3, 0.4) is 0 Å². The molecule has 0 N–H and O–H groups in total. The van der Waals surface area contributed by atoms with Crippen molar-refractivity contribution >= 4 is 0 Å². The van der Waals surface area contributed by atoms with Crippen molar-refractivity contribution in [3.05, 3.63) is 88.7 Å². The van der Waals surface area contributed by atoms with E-state index in [0.29, 0.717) is 29.7 Å². The standard InChI is InChI=1S/C22H17F5O/c1-2-3-15-6-9-17(21(26)20(15)25)14-4-7-16(8-5-14)28-12-13-10-18(23)22(27)19(24)11-13/h4-11H,2-3,12H2,1H3. The van der Waals surface area contributed by atoms with Crippen LogP contribution >= 0.6 is 0 Å². The summed E-state index contributed by atoms with van der Waals surface area (Å²) in [5, 5.41) is 0. The first kappa shape index (κ1) is 19.9. The van der Waals surface area contributed by atoms with E-state index in [4.69, 9.17) is 4.74 Å². The molecular formula is C22H17F5O. The third-order valence-corrected chi connectivity index (χ3v) is 4.30. The monoisotopic (exact) mass is 392 g/mol. The molecule has 3 aromatic carbocycles. The second-order valence-corrected chi connectivity index (χ2v) is 6.34. The van der Waals surface area contributed by atoms with Gasteiger partial charge in [0.2, 0.25) is 0 Å². The minimum atomic E-state index is -1.53. The molecule has 0 saturated carbocycles. The number of halogens is 5. The predicted molar refractivity (Wildman–Crippen MR) is 96.4 cm³/mol. The van der Waals surface area contributed by atoms with E-state index in [0.717, 1.165) is 12.1 Å². The summed E-state index contributed by atoms with van der Waals surface area (Å²) in [5.74, 6) is -5.52. The highest BCUT2D eigenvalue weighted by atomic mass is 19.2. The molecule has 0 saturated heterocycles. The van der Waals surface area contributed by atoms with Gasteiger partial charge in [-0.05, 0) is 47.4 Å². The molecule has 0 spiro atoms. The van der Waals surface area contributed by atoms with Crippen LogP contribution in [0.5, 0.6) is 5.75 Å². The maximum atomic E-state index is 14.3. The summed E-state index contributed by atoms with van der Waals surface area (Å²) in [6.45, 7) is 1.71. The molecular weight excluding hydrogens is 375 g/mol. The molecule has 0 aromatic heterocycles. The molecule has 1 nitrogen and oxygen atoms in total. The van der Waals surface area contributed by atoms with Gasteiger partial charge in [-0.3, -0.25) is 0 Å². The van der Waals surface area contributed by atoms with Crippen LogP contribution in [-0.4, -0.2) is 0 Å². The van der Waals surface area contributed by atoms with Gasteiger partial charge in [0.05, 0.1) is 0 Å². The summed E-state index contributed by atoms with van der Waals surface area (Å²) in [7, 11) is 0. The predicted octanol–water partition coefficient (Wildman–Crippen LogP) is 6.58. The van der Waals surface area contributed by atoms with E-state index in [-0.39, 0.29) is 17.7 Å². The van der Waals surface area contributed by atoms with Gasteiger partial charge < -0.3 is 4.74 Å². The second-order valence-electron chi connectivity index (χ2n) is 6.34. The number of rotatable bonds is 6. The average Bonchev–Trinajstić information content (AvgIpc) is 2.69. The highest BCUT2D eigenvalue weighted by Gasteiger charge is 2.14. The molecule has 0 radical (unpaired) electrons. The van der Waals surface area contributed by atoms with Gasteiger partial charge in [-0.2, -0.15) is 0 Å². The molecule has 3 rings (SSSR count). The number of ether oxygens (including phenoxy) is 1. The van der Waals surface area contributed by atoms with Gasteiger partial charge in [0.1, 0.15) is 12.4 Å². The largest absolute Gasteiger partial charge is 0.489 e. The topological polar surface area (TPSA) is 9.23 Å². The first-order chi connectivity index (χ1) is 13.4. The molecule has 0 amide bonds. The molecule has 0 aliphatic carbocycles. The lowest BCUT2D eigenvalue weighted by Crippen LogP contribution is -2.00. The number of benzene rings is 3. The summed E-state index contributed by atoms with van der Waals surface area (Å²) in [6.07, 6.45) is 1.17. The SMILES string of the molecule is CCCc1ccc(-c2ccc(OCc3cc(F)c(F)c(F)c3)cc2)c(F)c1F. The van der Waals surface area contributed by atoms with Gasteiger partial charge in [-0.25, -0.2) is 22.0 Å². The molecule has 0 unspecified atom stereocenters. The normalized spacial score (nSPS) is 10.9. The van der Waals surface area contributed by atoms with E-state index in [1.165, 1.54) is 18.2 Å². The second kappa shape index (κ2) is 8.42. The molecule has 6 heteroatoms. The van der Waals surface area contributed by atoms with Gasteiger partial charge in [-0.15, -0.1) is 0 Å². The van der Waals surface area contributed by atoms with Crippen molar-refractivity contribution in [3.8, 4) is 16.9 Å². The highest BCUT2D eigenvalue weighted by molar-refractivity contribution is 5.65. The van der Waals surface area contributed by atoms with Crippen molar-refractivity contribution in [3.63, 3.8) is 0 Å². The summed E-state index contributed by atoms with van der Waals surface area (Å²) in [5.41, 5.74) is 1.06. The van der Waals surface area contributed by atoms with Crippen molar-refractivity contribution in [1.82, 2.24) is 0 Å². The van der Waals surface area contributed by atoms with Gasteiger partial charge in [-0.1, -0.05) is 37.6 Å². The Morgan fingerprint density at radius 1 is 0.750 bits per heavy atom. The Kier molecular flexibility index (Phi) is 5.97. The van der Waals surface area contributed by atoms with E-state index >= 15 is 0 Å². The van der Waals surface area contributed by atoms with Crippen LogP contribution in [0.1, 0.15) is 24.5 Å². The zero-order chi connectivity index (χ0) is 20.3. The Labute approximate surface area is 159 Å². The first-order valence-corrected chi connectivity index (χ1v) is 8.74. The maximum absolute atomic E-state index is 14.3. The fourth-order valence-electron chi connectivity index (χ4n) is 2.86. The molecule has 0 aliphatic rings. The molecule has 0 aliphatic heterocycles. The van der Waals surface area contributed by atoms with Crippen LogP contribution in [0.2, 0.25) is 0 Å². The van der Waals surface area contributed by atoms with Gasteiger partial charge in [0.15, 0.2) is 29.1 Å². The number of aryl methyl sites for hydroxylation is 1. The summed E-state index contributed by atoms with van der Waals surface area (Å²) < 4.78 is 73.3. The van der Waals surface area contributed by atoms with E-state index in [1.54, 1.807) is 18.2 Å². The number of hydrogen-bond donors (Lipinski definition) is 0. The van der Waals surface area contributed by atoms with Gasteiger partial charge in [0, 0.05) is 5.56 Å². The Bertz CT molecular complexity index is 960. The van der Waals surface area contributed by atoms with Crippen molar-refractivity contribution in [2.24, 2.45) is 0 Å². The van der Waals surface area contributed by atoms with E-state index in [2.05, 4.69) is 0 Å². The lowest BCUT2D eigenvalue weighted by Gasteiger charge is -2.10. The van der Waals surface area contributed by atoms with Gasteiger partial charge >= 0.3 is 0 Å². The Hall–Kier alpha value is -2.89. The van der Waals surface area contributed by atoms with Crippen LogP contribution in [0.4, 0.5) is 22.0 Å². The summed E-state index contributed by atoms with van der Waals surface area (Å²) in [6, 6.07) is 11.0. The molecule has 3 aromatic rings. The quantitative estimate of drug-likeness (QED) is 0.340. The van der Waals surface area contributed by atoms with Crippen LogP contribution in [-0.2, 0) is 13.0 Å². The van der Waals surface area contributed by atoms with Crippen LogP contribution in [0.25, 0.3) is 11.1 Å². The maximum Gasteiger partial charge on any atom is 0.194 e. The zero-order valence-corrected chi connectivity index (χ0v) is 15.0. The van der Waals surface area contributed by atoms with Crippen LogP contribution < -0.4 is 4.74 Å². The third-order valence-electron chi connectivity index (χ3n) is 4.30. The molecule has 28 heavy (non-hydrogen) atoms. The van der Waals surface area contributed by atoms with Crippen LogP contribution in [0, 0.1) is 29.1 Å². The van der Waals surface area contributed by atoms with E-state index in [1.807, 2.05) is 6.92 Å². The van der Waals surface area contributed by atoms with E-state index < -0.39 is 29.1 Å². The van der Waals surface area contributed by atoms with Crippen molar-refractivity contribution in [2.45, 2.75) is 26.4 Å². The highest BCUT2D eigenvalue weighted by Crippen LogP contribution is 2.28. The lowest BCUT2D eigenvalue weighted by molar-refractivity contribution is 0.303. The van der Waals surface area contributed by atoms with Crippen molar-refractivity contribution in [2.75, 3.05) is 0 Å². The third kappa shape index (κ3) is 4.16. The minimum Gasteiger partial charge on any atom is -0.489 e. The Balaban J connectivity index is 1.74. The average molecular weight is 392 g/mol. The van der Waals surface area contributed by atoms with Crippen molar-refractivity contribution in [1.29, 1.82) is 0 Å². The van der Waals surface area contributed by atoms with E-state index in [9.17, 15) is 22.0 Å². The first-order valence-electron chi connectivity index (χ1n) is 8.74. The van der Waals surface area contributed by atoms with Crippen LogP contribution in [0.15, 0.2) is 48.5 Å². The summed E-state index contributed by atoms with van der Waals surface area (Å²) in [4.78, 5) is 0. The fourth-order valence-corrected chi connectivity index (χ4v) is 2.86. The number of hydrogen-bond acceptors (Lipinski definition) is 1. The van der Waals surface area contributed by atoms with Gasteiger partial charge in [0.25, 0.3) is 0 Å². The minimum absolute atomic E-state index is 0.125. The fraction of sp³-hybridized carbons (Fsp3) is 0.182. The Morgan fingerprint density at radius 3 is 2.00 bits per heavy atom. The van der Waals surface area contributed by atoms with Crippen molar-refractivity contribution < 1.29 is 26.7 Å². The lowest BCUT2D eigenvalue weighted by atomic mass is 10.0. The zero-order valence-electron chi connectivity index (χ0n) is 15.0. The molecule has 146 valence electrons.